The number of aryl methyl sites for hydroxylation is 2. The highest BCUT2D eigenvalue weighted by Crippen LogP contribution is 2.19. The molecule has 0 aliphatic rings. The van der Waals surface area contributed by atoms with Crippen LogP contribution in [0.1, 0.15) is 29.7 Å². The largest absolute Gasteiger partial charge is 0.332 e. The Balaban J connectivity index is 1.93. The van der Waals surface area contributed by atoms with Gasteiger partial charge in [0.15, 0.2) is 6.54 Å². The number of halogens is 1. The van der Waals surface area contributed by atoms with Gasteiger partial charge in [0, 0.05) is 16.3 Å². The first-order valence-electron chi connectivity index (χ1n) is 7.42. The first kappa shape index (κ1) is 16.5. The van der Waals surface area contributed by atoms with Gasteiger partial charge in [0.1, 0.15) is 6.04 Å². The monoisotopic (exact) mass is 317 g/mol. The molecule has 0 radical (unpaired) electrons. The van der Waals surface area contributed by atoms with Gasteiger partial charge in [-0.05, 0) is 44.0 Å². The Morgan fingerprint density at radius 3 is 2.68 bits per heavy atom. The van der Waals surface area contributed by atoms with E-state index in [0.717, 1.165) is 27.4 Å². The van der Waals surface area contributed by atoms with Crippen molar-refractivity contribution in [2.45, 2.75) is 26.8 Å². The van der Waals surface area contributed by atoms with Crippen molar-refractivity contribution in [1.29, 1.82) is 0 Å². The Bertz CT molecular complexity index is 670. The lowest BCUT2D eigenvalue weighted by Crippen LogP contribution is -2.86. The summed E-state index contributed by atoms with van der Waals surface area (Å²) in [5.74, 6) is -0.00685. The smallest absolute Gasteiger partial charge is 0.279 e. The zero-order valence-electron chi connectivity index (χ0n) is 13.2. The van der Waals surface area contributed by atoms with E-state index < -0.39 is 0 Å². The summed E-state index contributed by atoms with van der Waals surface area (Å²) in [7, 11) is 0. The van der Waals surface area contributed by atoms with Crippen LogP contribution in [0.3, 0.4) is 0 Å². The minimum atomic E-state index is -0.00685. The van der Waals surface area contributed by atoms with Crippen LogP contribution in [-0.4, -0.2) is 12.5 Å². The van der Waals surface area contributed by atoms with Crippen LogP contribution in [0.15, 0.2) is 42.5 Å². The molecule has 0 saturated heterocycles. The minimum absolute atomic E-state index is 0.00685. The number of carbonyl (C=O) groups excluding carboxylic acids is 1. The molecule has 22 heavy (non-hydrogen) atoms. The van der Waals surface area contributed by atoms with Crippen LogP contribution in [0.4, 0.5) is 5.69 Å². The van der Waals surface area contributed by atoms with Crippen molar-refractivity contribution in [2.24, 2.45) is 0 Å². The van der Waals surface area contributed by atoms with Crippen molar-refractivity contribution in [3.8, 4) is 0 Å². The van der Waals surface area contributed by atoms with Crippen LogP contribution in [0.2, 0.25) is 5.02 Å². The summed E-state index contributed by atoms with van der Waals surface area (Å²) in [5.41, 5.74) is 4.12. The van der Waals surface area contributed by atoms with Crippen molar-refractivity contribution in [1.82, 2.24) is 0 Å². The van der Waals surface area contributed by atoms with E-state index in [0.29, 0.717) is 6.54 Å². The van der Waals surface area contributed by atoms with Gasteiger partial charge in [-0.25, -0.2) is 0 Å². The summed E-state index contributed by atoms with van der Waals surface area (Å²) in [4.78, 5) is 12.1. The molecular weight excluding hydrogens is 296 g/mol. The molecule has 2 rings (SSSR count). The van der Waals surface area contributed by atoms with Crippen molar-refractivity contribution in [3.63, 3.8) is 0 Å². The Morgan fingerprint density at radius 1 is 1.23 bits per heavy atom. The number of carbonyl (C=O) groups is 1. The number of hydrogen-bond donors (Lipinski definition) is 2. The Labute approximate surface area is 136 Å². The summed E-state index contributed by atoms with van der Waals surface area (Å²) >= 11 is 6.18. The number of amides is 1. The molecule has 4 heteroatoms. The predicted molar refractivity (Wildman–Crippen MR) is 91.2 cm³/mol. The molecule has 0 aliphatic carbocycles. The van der Waals surface area contributed by atoms with Gasteiger partial charge < -0.3 is 10.6 Å². The topological polar surface area (TPSA) is 45.7 Å². The molecule has 2 aromatic rings. The molecule has 1 amide bonds. The van der Waals surface area contributed by atoms with E-state index in [1.54, 1.807) is 0 Å². The first-order valence-corrected chi connectivity index (χ1v) is 7.80. The Kier molecular flexibility index (Phi) is 5.58. The normalized spacial score (nSPS) is 12.0. The Morgan fingerprint density at radius 2 is 1.95 bits per heavy atom. The highest BCUT2D eigenvalue weighted by atomic mass is 35.5. The quantitative estimate of drug-likeness (QED) is 0.874. The molecule has 116 valence electrons. The number of rotatable bonds is 5. The van der Waals surface area contributed by atoms with E-state index in [1.807, 2.05) is 68.6 Å². The van der Waals surface area contributed by atoms with Crippen LogP contribution in [0.5, 0.6) is 0 Å². The molecule has 3 N–H and O–H groups in total. The second-order valence-corrected chi connectivity index (χ2v) is 6.02. The van der Waals surface area contributed by atoms with Crippen molar-refractivity contribution < 1.29 is 10.1 Å². The fourth-order valence-corrected chi connectivity index (χ4v) is 2.63. The molecule has 0 spiro atoms. The second-order valence-electron chi connectivity index (χ2n) is 5.62. The average molecular weight is 318 g/mol. The van der Waals surface area contributed by atoms with E-state index in [-0.39, 0.29) is 11.9 Å². The molecular formula is C18H22ClN2O+. The minimum Gasteiger partial charge on any atom is -0.332 e. The zero-order chi connectivity index (χ0) is 16.1. The van der Waals surface area contributed by atoms with E-state index in [1.165, 1.54) is 0 Å². The number of quaternary nitrogens is 1. The molecule has 0 fully saturated rings. The van der Waals surface area contributed by atoms with Gasteiger partial charge in [-0.3, -0.25) is 4.79 Å². The summed E-state index contributed by atoms with van der Waals surface area (Å²) in [6.45, 7) is 6.41. The SMILES string of the molecule is Cc1ccc(C)c(NC(=O)C[NH2+][C@@H](C)c2ccccc2Cl)c1. The zero-order valence-corrected chi connectivity index (χ0v) is 13.9. The maximum atomic E-state index is 12.1. The highest BCUT2D eigenvalue weighted by Gasteiger charge is 2.14. The summed E-state index contributed by atoms with van der Waals surface area (Å²) in [6.07, 6.45) is 0. The van der Waals surface area contributed by atoms with Crippen molar-refractivity contribution >= 4 is 23.2 Å². The number of nitrogens with two attached hydrogens (primary N) is 1. The maximum Gasteiger partial charge on any atom is 0.279 e. The molecule has 0 saturated carbocycles. The Hall–Kier alpha value is -1.84. The molecule has 1 atom stereocenters. The van der Waals surface area contributed by atoms with Gasteiger partial charge in [0.05, 0.1) is 0 Å². The molecule has 0 unspecified atom stereocenters. The number of benzene rings is 2. The number of hydrogen-bond acceptors (Lipinski definition) is 1. The van der Waals surface area contributed by atoms with Crippen LogP contribution < -0.4 is 10.6 Å². The summed E-state index contributed by atoms with van der Waals surface area (Å²) < 4.78 is 0. The third kappa shape index (κ3) is 4.33. The van der Waals surface area contributed by atoms with E-state index >= 15 is 0 Å². The number of nitrogens with one attached hydrogen (secondary N) is 1. The molecule has 0 aromatic heterocycles. The predicted octanol–water partition coefficient (Wildman–Crippen LogP) is 3.22. The van der Waals surface area contributed by atoms with Crippen molar-refractivity contribution in [2.75, 3.05) is 11.9 Å². The molecule has 0 bridgehead atoms. The van der Waals surface area contributed by atoms with Gasteiger partial charge in [-0.15, -0.1) is 0 Å². The standard InChI is InChI=1S/C18H21ClN2O/c1-12-8-9-13(2)17(10-12)21-18(22)11-20-14(3)15-6-4-5-7-16(15)19/h4-10,14,20H,11H2,1-3H3,(H,21,22)/p+1/t14-/m0/s1. The maximum absolute atomic E-state index is 12.1. The fourth-order valence-electron chi connectivity index (χ4n) is 2.33. The van der Waals surface area contributed by atoms with Gasteiger partial charge in [0.2, 0.25) is 0 Å². The lowest BCUT2D eigenvalue weighted by atomic mass is 10.1. The van der Waals surface area contributed by atoms with Gasteiger partial charge in [-0.1, -0.05) is 41.9 Å². The number of anilines is 1. The average Bonchev–Trinajstić information content (AvgIpc) is 2.49. The summed E-state index contributed by atoms with van der Waals surface area (Å²) in [5, 5.41) is 5.69. The van der Waals surface area contributed by atoms with Crippen LogP contribution in [0, 0.1) is 13.8 Å². The molecule has 3 nitrogen and oxygen atoms in total. The van der Waals surface area contributed by atoms with Gasteiger partial charge in [0.25, 0.3) is 5.91 Å². The van der Waals surface area contributed by atoms with Crippen LogP contribution >= 0.6 is 11.6 Å². The van der Waals surface area contributed by atoms with Crippen LogP contribution in [0.25, 0.3) is 0 Å². The van der Waals surface area contributed by atoms with Gasteiger partial charge in [-0.2, -0.15) is 0 Å². The lowest BCUT2D eigenvalue weighted by molar-refractivity contribution is -0.682. The van der Waals surface area contributed by atoms with E-state index in [4.69, 9.17) is 11.6 Å². The third-order valence-electron chi connectivity index (χ3n) is 3.72. The van der Waals surface area contributed by atoms with E-state index in [2.05, 4.69) is 5.32 Å². The van der Waals surface area contributed by atoms with Gasteiger partial charge >= 0.3 is 0 Å². The third-order valence-corrected chi connectivity index (χ3v) is 4.06. The molecule has 2 aromatic carbocycles. The highest BCUT2D eigenvalue weighted by molar-refractivity contribution is 6.31. The van der Waals surface area contributed by atoms with Crippen molar-refractivity contribution in [3.05, 3.63) is 64.2 Å². The molecule has 0 heterocycles. The second kappa shape index (κ2) is 7.43. The van der Waals surface area contributed by atoms with Crippen LogP contribution in [-0.2, 0) is 4.79 Å². The lowest BCUT2D eigenvalue weighted by Gasteiger charge is -2.13. The summed E-state index contributed by atoms with van der Waals surface area (Å²) in [6, 6.07) is 13.9. The fraction of sp³-hybridized carbons (Fsp3) is 0.278. The first-order chi connectivity index (χ1) is 10.5. The van der Waals surface area contributed by atoms with E-state index in [9.17, 15) is 4.79 Å². The molecule has 0 aliphatic heterocycles.